The molecule has 4 atom stereocenters. The van der Waals surface area contributed by atoms with Gasteiger partial charge in [-0.15, -0.1) is 0 Å². The van der Waals surface area contributed by atoms with Gasteiger partial charge in [-0.3, -0.25) is 4.90 Å². The molecule has 0 saturated carbocycles. The minimum atomic E-state index is -4.92. The Balaban J connectivity index is 1.39. The highest BCUT2D eigenvalue weighted by atomic mass is 35.5. The van der Waals surface area contributed by atoms with Crippen molar-refractivity contribution < 1.29 is 26.7 Å². The molecule has 4 aliphatic rings. The van der Waals surface area contributed by atoms with Gasteiger partial charge in [0.15, 0.2) is 5.82 Å². The van der Waals surface area contributed by atoms with Crippen LogP contribution in [0.2, 0.25) is 5.02 Å². The quantitative estimate of drug-likeness (QED) is 0.337. The molecule has 4 saturated heterocycles. The SMILES string of the molecule is C=Cc1cc(N)nc(-c2c(Cl)cc3c(N4CC5CCC(C4)N5)nc(OC[C@@]45CCCN4C[C@H](F)C5)nc3c2F)c1C(F)(F)F. The predicted octanol–water partition coefficient (Wildman–Crippen LogP) is 5.62. The molecule has 0 aliphatic carbocycles. The van der Waals surface area contributed by atoms with Crippen molar-refractivity contribution >= 4 is 40.2 Å². The van der Waals surface area contributed by atoms with Crippen LogP contribution in [0.25, 0.3) is 28.2 Å². The third-order valence-corrected chi connectivity index (χ3v) is 9.70. The Morgan fingerprint density at radius 2 is 1.91 bits per heavy atom. The van der Waals surface area contributed by atoms with E-state index in [4.69, 9.17) is 27.1 Å². The average molecular weight is 636 g/mol. The van der Waals surface area contributed by atoms with Crippen LogP contribution in [0.4, 0.5) is 33.6 Å². The summed E-state index contributed by atoms with van der Waals surface area (Å²) in [6.07, 6.45) is -0.992. The fraction of sp³-hybridized carbons (Fsp3) is 0.500. The minimum Gasteiger partial charge on any atom is -0.461 e. The summed E-state index contributed by atoms with van der Waals surface area (Å²) in [5.74, 6) is -0.997. The molecule has 0 amide bonds. The maximum Gasteiger partial charge on any atom is 0.419 e. The Hall–Kier alpha value is -3.29. The molecule has 0 radical (unpaired) electrons. The number of anilines is 2. The largest absolute Gasteiger partial charge is 0.461 e. The lowest BCUT2D eigenvalue weighted by Crippen LogP contribution is -2.51. The van der Waals surface area contributed by atoms with Crippen LogP contribution in [0.5, 0.6) is 6.01 Å². The molecular formula is C30H31ClF5N7O. The third-order valence-electron chi connectivity index (χ3n) is 9.40. The van der Waals surface area contributed by atoms with Crippen LogP contribution in [-0.4, -0.2) is 76.4 Å². The molecule has 6 heterocycles. The summed E-state index contributed by atoms with van der Waals surface area (Å²) in [4.78, 5) is 17.0. The van der Waals surface area contributed by atoms with Gasteiger partial charge in [-0.2, -0.15) is 23.1 Å². The Bertz CT molecular complexity index is 1640. The van der Waals surface area contributed by atoms with Crippen LogP contribution < -0.4 is 20.7 Å². The van der Waals surface area contributed by atoms with Gasteiger partial charge in [0.05, 0.1) is 27.4 Å². The second-order valence-electron chi connectivity index (χ2n) is 12.2. The fourth-order valence-corrected chi connectivity index (χ4v) is 7.81. The van der Waals surface area contributed by atoms with Crippen molar-refractivity contribution in [3.63, 3.8) is 0 Å². The van der Waals surface area contributed by atoms with Gasteiger partial charge in [-0.25, -0.2) is 13.8 Å². The number of ether oxygens (including phenoxy) is 1. The van der Waals surface area contributed by atoms with Gasteiger partial charge in [-0.05, 0) is 49.9 Å². The number of nitrogen functional groups attached to an aromatic ring is 1. The summed E-state index contributed by atoms with van der Waals surface area (Å²) in [6.45, 7) is 5.82. The van der Waals surface area contributed by atoms with Gasteiger partial charge < -0.3 is 20.7 Å². The lowest BCUT2D eigenvalue weighted by Gasteiger charge is -2.34. The average Bonchev–Trinajstić information content (AvgIpc) is 3.61. The topological polar surface area (TPSA) is 92.4 Å². The summed E-state index contributed by atoms with van der Waals surface area (Å²) in [5.41, 5.74) is 2.15. The zero-order valence-electron chi connectivity index (χ0n) is 23.7. The van der Waals surface area contributed by atoms with E-state index in [0.717, 1.165) is 44.4 Å². The van der Waals surface area contributed by atoms with Crippen LogP contribution in [-0.2, 0) is 6.18 Å². The van der Waals surface area contributed by atoms with Crippen LogP contribution in [0.15, 0.2) is 18.7 Å². The number of fused-ring (bicyclic) bond motifs is 4. The van der Waals surface area contributed by atoms with Crippen molar-refractivity contribution in [2.45, 2.75) is 62.1 Å². The highest BCUT2D eigenvalue weighted by Crippen LogP contribution is 2.46. The molecule has 8 nitrogen and oxygen atoms in total. The van der Waals surface area contributed by atoms with E-state index < -0.39 is 40.5 Å². The van der Waals surface area contributed by atoms with E-state index in [1.54, 1.807) is 0 Å². The molecule has 1 aromatic carbocycles. The number of nitrogens with zero attached hydrogens (tertiary/aromatic N) is 5. The van der Waals surface area contributed by atoms with E-state index in [9.17, 15) is 17.6 Å². The molecule has 4 fully saturated rings. The van der Waals surface area contributed by atoms with Crippen molar-refractivity contribution in [1.82, 2.24) is 25.2 Å². The first-order valence-electron chi connectivity index (χ1n) is 14.7. The number of pyridine rings is 1. The molecule has 4 aliphatic heterocycles. The zero-order valence-corrected chi connectivity index (χ0v) is 24.5. The number of nitrogens with one attached hydrogen (secondary N) is 1. The summed E-state index contributed by atoms with van der Waals surface area (Å²) in [7, 11) is 0. The molecule has 44 heavy (non-hydrogen) atoms. The lowest BCUT2D eigenvalue weighted by atomic mass is 9.95. The molecule has 3 N–H and O–H groups in total. The molecule has 3 aromatic rings. The molecule has 14 heteroatoms. The highest BCUT2D eigenvalue weighted by Gasteiger charge is 2.49. The summed E-state index contributed by atoms with van der Waals surface area (Å²) < 4.78 is 80.2. The standard InChI is InChI=1S/C30H31ClF5N7O/c1-2-15-8-21(37)39-26(23(15)30(34,35)36)22-20(31)9-19-25(24(22)33)40-28(41-27(19)42-12-17-4-5-18(13-42)38-17)44-14-29-6-3-7-43(29)11-16(32)10-29/h2,8-9,16-18,38H,1,3-7,10-14H2,(H2,37,39)/t16-,17?,18?,29+/m1/s1. The normalized spacial score (nSPS) is 26.9. The van der Waals surface area contributed by atoms with Crippen molar-refractivity contribution in [2.24, 2.45) is 0 Å². The van der Waals surface area contributed by atoms with Crippen molar-refractivity contribution in [3.8, 4) is 17.3 Å². The molecule has 0 spiro atoms. The number of benzene rings is 1. The number of hydrogen-bond donors (Lipinski definition) is 2. The fourth-order valence-electron chi connectivity index (χ4n) is 7.53. The number of aromatic nitrogens is 3. The number of alkyl halides is 4. The Kier molecular flexibility index (Phi) is 7.13. The molecule has 234 valence electrons. The van der Waals surface area contributed by atoms with Gasteiger partial charge in [0, 0.05) is 43.5 Å². The first-order valence-corrected chi connectivity index (χ1v) is 15.1. The van der Waals surface area contributed by atoms with Gasteiger partial charge in [-0.1, -0.05) is 24.3 Å². The maximum atomic E-state index is 16.7. The van der Waals surface area contributed by atoms with E-state index >= 15 is 4.39 Å². The predicted molar refractivity (Wildman–Crippen MR) is 158 cm³/mol. The number of rotatable bonds is 6. The second kappa shape index (κ2) is 10.7. The van der Waals surface area contributed by atoms with E-state index in [1.807, 2.05) is 4.90 Å². The zero-order chi connectivity index (χ0) is 31.0. The van der Waals surface area contributed by atoms with E-state index in [1.165, 1.54) is 6.07 Å². The Morgan fingerprint density at radius 3 is 2.61 bits per heavy atom. The third kappa shape index (κ3) is 4.93. The molecular weight excluding hydrogens is 605 g/mol. The molecule has 2 aromatic heterocycles. The van der Waals surface area contributed by atoms with Crippen molar-refractivity contribution in [1.29, 1.82) is 0 Å². The van der Waals surface area contributed by atoms with Crippen molar-refractivity contribution in [3.05, 3.63) is 40.7 Å². The number of piperazine rings is 1. The van der Waals surface area contributed by atoms with E-state index in [0.29, 0.717) is 31.9 Å². The Morgan fingerprint density at radius 1 is 1.16 bits per heavy atom. The van der Waals surface area contributed by atoms with Crippen LogP contribution in [0.1, 0.15) is 43.2 Å². The molecule has 2 bridgehead atoms. The second-order valence-corrected chi connectivity index (χ2v) is 12.6. The monoisotopic (exact) mass is 635 g/mol. The first-order chi connectivity index (χ1) is 21.0. The van der Waals surface area contributed by atoms with Gasteiger partial charge in [0.25, 0.3) is 0 Å². The number of nitrogens with two attached hydrogens (primary N) is 1. The van der Waals surface area contributed by atoms with Crippen LogP contribution in [0.3, 0.4) is 0 Å². The number of hydrogen-bond acceptors (Lipinski definition) is 8. The minimum absolute atomic E-state index is 0.102. The van der Waals surface area contributed by atoms with Gasteiger partial charge in [0.2, 0.25) is 0 Å². The van der Waals surface area contributed by atoms with Crippen molar-refractivity contribution in [2.75, 3.05) is 43.4 Å². The lowest BCUT2D eigenvalue weighted by molar-refractivity contribution is -0.137. The van der Waals surface area contributed by atoms with E-state index in [-0.39, 0.29) is 52.0 Å². The molecule has 7 rings (SSSR count). The first kappa shape index (κ1) is 29.4. The van der Waals surface area contributed by atoms with Crippen LogP contribution in [0, 0.1) is 5.82 Å². The smallest absolute Gasteiger partial charge is 0.419 e. The summed E-state index contributed by atoms with van der Waals surface area (Å²) >= 11 is 6.58. The molecule has 2 unspecified atom stereocenters. The van der Waals surface area contributed by atoms with E-state index in [2.05, 4.69) is 26.8 Å². The van der Waals surface area contributed by atoms with Gasteiger partial charge >= 0.3 is 12.2 Å². The number of halogens is 6. The summed E-state index contributed by atoms with van der Waals surface area (Å²) in [5, 5.41) is 3.47. The summed E-state index contributed by atoms with van der Waals surface area (Å²) in [6, 6.07) is 2.67. The van der Waals surface area contributed by atoms with Gasteiger partial charge in [0.1, 0.15) is 29.9 Å². The Labute approximate surface area is 255 Å². The maximum absolute atomic E-state index is 16.7. The van der Waals surface area contributed by atoms with Crippen LogP contribution >= 0.6 is 11.6 Å². The highest BCUT2D eigenvalue weighted by molar-refractivity contribution is 6.34.